The predicted octanol–water partition coefficient (Wildman–Crippen LogP) is -0.789. The Morgan fingerprint density at radius 2 is 2.17 bits per heavy atom. The number of hydrogen-bond donors (Lipinski definition) is 2. The van der Waals surface area contributed by atoms with Crippen LogP contribution < -0.4 is 5.32 Å². The van der Waals surface area contributed by atoms with E-state index in [0.717, 1.165) is 19.3 Å². The van der Waals surface area contributed by atoms with Crippen molar-refractivity contribution in [3.8, 4) is 0 Å². The van der Waals surface area contributed by atoms with Gasteiger partial charge in [-0.1, -0.05) is 6.42 Å². The van der Waals surface area contributed by atoms with Gasteiger partial charge >= 0.3 is 0 Å². The van der Waals surface area contributed by atoms with Crippen LogP contribution in [0, 0.1) is 5.92 Å². The van der Waals surface area contributed by atoms with Crippen molar-refractivity contribution in [2.24, 2.45) is 5.92 Å². The van der Waals surface area contributed by atoms with Crippen LogP contribution in [0.1, 0.15) is 25.7 Å². The molecule has 1 saturated carbocycles. The zero-order valence-corrected chi connectivity index (χ0v) is 6.92. The molecule has 1 saturated heterocycles. The smallest absolute Gasteiger partial charge is 0.220 e. The van der Waals surface area contributed by atoms with E-state index in [0.29, 0.717) is 12.3 Å². The molecule has 4 heteroatoms. The normalized spacial score (nSPS) is 39.8. The van der Waals surface area contributed by atoms with Crippen LogP contribution in [-0.4, -0.2) is 28.6 Å². The Balaban J connectivity index is 0.000000720. The Hall–Kier alpha value is -0.610. The average Bonchev–Trinajstić information content (AvgIpc) is 2.31. The number of aliphatic hydroxyl groups is 1. The highest BCUT2D eigenvalue weighted by atomic mass is 16.3. The van der Waals surface area contributed by atoms with Gasteiger partial charge in [0.15, 0.2) is 0 Å². The molecule has 0 spiro atoms. The van der Waals surface area contributed by atoms with E-state index in [1.165, 1.54) is 0 Å². The lowest BCUT2D eigenvalue weighted by atomic mass is 9.83. The van der Waals surface area contributed by atoms with Crippen LogP contribution in [0.4, 0.5) is 0 Å². The van der Waals surface area contributed by atoms with E-state index in [1.54, 1.807) is 0 Å². The largest absolute Gasteiger partial charge is 0.412 e. The molecule has 3 atom stereocenters. The standard InChI is InChI=1S/C8H13NO2.H2O/c10-6-3-1-2-5-4-7(11)9-8(5)6;/h5-6,8,10H,1-4H2,(H,9,11);1H2/t5-,6-,8+;/m0./s1. The molecule has 0 aromatic carbocycles. The second kappa shape index (κ2) is 3.41. The van der Waals surface area contributed by atoms with Crippen LogP contribution in [0.15, 0.2) is 0 Å². The molecular weight excluding hydrogens is 158 g/mol. The molecule has 0 bridgehead atoms. The van der Waals surface area contributed by atoms with E-state index < -0.39 is 0 Å². The quantitative estimate of drug-likeness (QED) is 0.503. The Kier molecular flexibility index (Phi) is 2.69. The zero-order chi connectivity index (χ0) is 7.84. The summed E-state index contributed by atoms with van der Waals surface area (Å²) in [6.45, 7) is 0. The lowest BCUT2D eigenvalue weighted by Gasteiger charge is -2.29. The van der Waals surface area contributed by atoms with Crippen LogP contribution >= 0.6 is 0 Å². The summed E-state index contributed by atoms with van der Waals surface area (Å²) < 4.78 is 0. The van der Waals surface area contributed by atoms with Crippen molar-refractivity contribution in [1.82, 2.24) is 5.32 Å². The second-order valence-corrected chi connectivity index (χ2v) is 3.56. The van der Waals surface area contributed by atoms with Crippen molar-refractivity contribution in [1.29, 1.82) is 0 Å². The molecule has 4 nitrogen and oxygen atoms in total. The van der Waals surface area contributed by atoms with Crippen LogP contribution in [0.3, 0.4) is 0 Å². The highest BCUT2D eigenvalue weighted by Gasteiger charge is 2.39. The molecule has 0 aromatic rings. The van der Waals surface area contributed by atoms with Crippen LogP contribution in [0.25, 0.3) is 0 Å². The van der Waals surface area contributed by atoms with Gasteiger partial charge in [0.2, 0.25) is 5.91 Å². The second-order valence-electron chi connectivity index (χ2n) is 3.56. The third kappa shape index (κ3) is 1.44. The molecular formula is C8H15NO3. The van der Waals surface area contributed by atoms with Gasteiger partial charge in [-0.2, -0.15) is 0 Å². The van der Waals surface area contributed by atoms with Crippen LogP contribution in [-0.2, 0) is 4.79 Å². The van der Waals surface area contributed by atoms with Crippen molar-refractivity contribution in [3.05, 3.63) is 0 Å². The lowest BCUT2D eigenvalue weighted by molar-refractivity contribution is -0.119. The molecule has 0 radical (unpaired) electrons. The van der Waals surface area contributed by atoms with E-state index in [4.69, 9.17) is 0 Å². The fourth-order valence-electron chi connectivity index (χ4n) is 2.19. The van der Waals surface area contributed by atoms with Gasteiger partial charge in [0, 0.05) is 6.42 Å². The third-order valence-electron chi connectivity index (χ3n) is 2.77. The summed E-state index contributed by atoms with van der Waals surface area (Å²) in [5.74, 6) is 0.521. The summed E-state index contributed by atoms with van der Waals surface area (Å²) in [7, 11) is 0. The monoisotopic (exact) mass is 173 g/mol. The van der Waals surface area contributed by atoms with Gasteiger partial charge in [0.1, 0.15) is 0 Å². The van der Waals surface area contributed by atoms with Crippen molar-refractivity contribution < 1.29 is 15.4 Å². The topological polar surface area (TPSA) is 80.8 Å². The SMILES string of the molecule is O.O=C1C[C@@H]2CCC[C@H](O)[C@@H]2N1. The van der Waals surface area contributed by atoms with Crippen molar-refractivity contribution >= 4 is 5.91 Å². The molecule has 1 heterocycles. The molecule has 2 rings (SSSR count). The third-order valence-corrected chi connectivity index (χ3v) is 2.77. The first-order valence-corrected chi connectivity index (χ1v) is 4.25. The average molecular weight is 173 g/mol. The predicted molar refractivity (Wildman–Crippen MR) is 43.5 cm³/mol. The minimum atomic E-state index is -0.291. The Labute approximate surface area is 71.3 Å². The van der Waals surface area contributed by atoms with Gasteiger partial charge in [-0.05, 0) is 18.8 Å². The van der Waals surface area contributed by atoms with Gasteiger partial charge in [0.25, 0.3) is 0 Å². The molecule has 70 valence electrons. The first-order chi connectivity index (χ1) is 5.27. The van der Waals surface area contributed by atoms with E-state index in [2.05, 4.69) is 5.32 Å². The number of carbonyl (C=O) groups excluding carboxylic acids is 1. The zero-order valence-electron chi connectivity index (χ0n) is 6.92. The summed E-state index contributed by atoms with van der Waals surface area (Å²) in [5.41, 5.74) is 0. The molecule has 2 aliphatic rings. The van der Waals surface area contributed by atoms with E-state index in [9.17, 15) is 9.90 Å². The minimum absolute atomic E-state index is 0. The van der Waals surface area contributed by atoms with Gasteiger partial charge in [-0.3, -0.25) is 4.79 Å². The molecule has 2 fully saturated rings. The number of aliphatic hydroxyl groups excluding tert-OH is 1. The number of fused-ring (bicyclic) bond motifs is 1. The number of carbonyl (C=O) groups is 1. The Bertz CT molecular complexity index is 183. The van der Waals surface area contributed by atoms with Gasteiger partial charge in [0.05, 0.1) is 12.1 Å². The maximum absolute atomic E-state index is 10.9. The van der Waals surface area contributed by atoms with E-state index in [-0.39, 0.29) is 23.5 Å². The summed E-state index contributed by atoms with van der Waals surface area (Å²) >= 11 is 0. The first-order valence-electron chi connectivity index (χ1n) is 4.25. The molecule has 0 unspecified atom stereocenters. The van der Waals surface area contributed by atoms with Gasteiger partial charge in [-0.15, -0.1) is 0 Å². The Morgan fingerprint density at radius 1 is 1.42 bits per heavy atom. The summed E-state index contributed by atoms with van der Waals surface area (Å²) in [6, 6.07) is 0.0660. The highest BCUT2D eigenvalue weighted by Crippen LogP contribution is 2.31. The fourth-order valence-corrected chi connectivity index (χ4v) is 2.19. The first kappa shape index (κ1) is 9.48. The van der Waals surface area contributed by atoms with Gasteiger partial charge in [-0.25, -0.2) is 0 Å². The molecule has 12 heavy (non-hydrogen) atoms. The number of rotatable bonds is 0. The summed E-state index contributed by atoms with van der Waals surface area (Å²) in [6.07, 6.45) is 3.35. The maximum Gasteiger partial charge on any atom is 0.220 e. The lowest BCUT2D eigenvalue weighted by Crippen LogP contribution is -2.42. The molecule has 1 amide bonds. The highest BCUT2D eigenvalue weighted by molar-refractivity contribution is 5.79. The van der Waals surface area contributed by atoms with Crippen LogP contribution in [0.2, 0.25) is 0 Å². The molecule has 1 aliphatic heterocycles. The van der Waals surface area contributed by atoms with Crippen molar-refractivity contribution in [3.63, 3.8) is 0 Å². The number of nitrogens with one attached hydrogen (secondary N) is 1. The Morgan fingerprint density at radius 3 is 2.83 bits per heavy atom. The maximum atomic E-state index is 10.9. The van der Waals surface area contributed by atoms with Crippen molar-refractivity contribution in [2.75, 3.05) is 0 Å². The fraction of sp³-hybridized carbons (Fsp3) is 0.875. The number of amides is 1. The van der Waals surface area contributed by atoms with E-state index in [1.807, 2.05) is 0 Å². The minimum Gasteiger partial charge on any atom is -0.412 e. The summed E-state index contributed by atoms with van der Waals surface area (Å²) in [5, 5.41) is 12.3. The molecule has 4 N–H and O–H groups in total. The van der Waals surface area contributed by atoms with E-state index >= 15 is 0 Å². The van der Waals surface area contributed by atoms with Crippen LogP contribution in [0.5, 0.6) is 0 Å². The van der Waals surface area contributed by atoms with Gasteiger partial charge < -0.3 is 15.9 Å². The molecule has 1 aliphatic carbocycles. The number of hydrogen-bond acceptors (Lipinski definition) is 2. The molecule has 0 aromatic heterocycles. The van der Waals surface area contributed by atoms with Crippen molar-refractivity contribution in [2.45, 2.75) is 37.8 Å². The summed E-state index contributed by atoms with van der Waals surface area (Å²) in [4.78, 5) is 10.9.